The number of hydrogen-bond acceptors (Lipinski definition) is 11. The highest BCUT2D eigenvalue weighted by Crippen LogP contribution is 2.68. The second-order valence-electron chi connectivity index (χ2n) is 16.6. The Hall–Kier alpha value is -3.11. The quantitative estimate of drug-likeness (QED) is 0.163. The fourth-order valence-corrected chi connectivity index (χ4v) is 10.3. The average molecular weight is 735 g/mol. The molecule has 52 heavy (non-hydrogen) atoms. The lowest BCUT2D eigenvalue weighted by molar-refractivity contribution is -0.174. The van der Waals surface area contributed by atoms with Crippen LogP contribution in [0, 0.1) is 52.3 Å². The van der Waals surface area contributed by atoms with Gasteiger partial charge in [0.25, 0.3) is 5.56 Å². The molecule has 2 heterocycles. The van der Waals surface area contributed by atoms with Gasteiger partial charge in [0.15, 0.2) is 11.2 Å². The molecular weight excluding hydrogens is 672 g/mol. The number of carbonyl (C=O) groups is 2. The molecule has 2 aromatic heterocycles. The van der Waals surface area contributed by atoms with E-state index in [1.54, 1.807) is 13.8 Å². The van der Waals surface area contributed by atoms with Gasteiger partial charge in [0.05, 0.1) is 31.7 Å². The van der Waals surface area contributed by atoms with Crippen molar-refractivity contribution in [2.75, 3.05) is 18.9 Å². The molecule has 4 aliphatic carbocycles. The largest absolute Gasteiger partial charge is 0.481 e. The molecule has 0 aromatic carbocycles. The number of aliphatic hydroxyl groups excluding tert-OH is 3. The molecule has 0 amide bonds. The van der Waals surface area contributed by atoms with E-state index in [1.165, 1.54) is 36.6 Å². The summed E-state index contributed by atoms with van der Waals surface area (Å²) in [6.07, 6.45) is 10.6. The van der Waals surface area contributed by atoms with E-state index in [0.717, 1.165) is 32.1 Å². The van der Waals surface area contributed by atoms with Gasteiger partial charge in [-0.05, 0) is 110 Å². The zero-order valence-corrected chi connectivity index (χ0v) is 31.4. The lowest BCUT2D eigenvalue weighted by Gasteiger charge is -2.62. The third-order valence-electron chi connectivity index (χ3n) is 13.2. The Morgan fingerprint density at radius 2 is 1.73 bits per heavy atom. The van der Waals surface area contributed by atoms with Crippen molar-refractivity contribution in [2.24, 2.45) is 58.0 Å². The number of aromatic nitrogens is 4. The number of nitrogens with zero attached hydrogens (tertiary/aromatic N) is 3. The number of anilines is 1. The first kappa shape index (κ1) is 41.6. The molecule has 15 nitrogen and oxygen atoms in total. The molecule has 294 valence electrons. The van der Waals surface area contributed by atoms with Crippen LogP contribution in [-0.4, -0.2) is 88.5 Å². The summed E-state index contributed by atoms with van der Waals surface area (Å²) in [6, 6.07) is -0.713. The fraction of sp³-hybridized carbons (Fsp3) is 0.811. The molecule has 0 radical (unpaired) electrons. The van der Waals surface area contributed by atoms with Crippen molar-refractivity contribution in [1.29, 1.82) is 0 Å². The fourth-order valence-electron chi connectivity index (χ4n) is 10.3. The van der Waals surface area contributed by atoms with Crippen LogP contribution in [0.15, 0.2) is 11.1 Å². The van der Waals surface area contributed by atoms with Crippen molar-refractivity contribution in [2.45, 2.75) is 124 Å². The molecule has 10 N–H and O–H groups in total. The third kappa shape index (κ3) is 8.98. The van der Waals surface area contributed by atoms with Crippen LogP contribution < -0.4 is 17.0 Å². The van der Waals surface area contributed by atoms with E-state index in [9.17, 15) is 24.6 Å². The number of carboxylic acid groups (broad SMARTS) is 2. The molecule has 15 heteroatoms. The predicted molar refractivity (Wildman–Crippen MR) is 195 cm³/mol. The average Bonchev–Trinajstić information content (AvgIpc) is 3.65. The second kappa shape index (κ2) is 17.4. The molecule has 0 bridgehead atoms. The van der Waals surface area contributed by atoms with E-state index in [1.807, 2.05) is 0 Å². The standard InChI is InChI=1S/C24H40O4.C8H11N5O3.C5H11NO2/c1-14(4-7-21(27)28)17-5-6-18-22-19(9-11-24(17,18)3)23(2)10-8-16(25)12-15(23)13-20(22)26;9-8-11-6-5(7(15)12-8)10-3-13(6)4-16-2-1-14;1-3(2)4(6)5(7)8/h14-20,22,25-26H,4-13H2,1-3H3,(H,27,28);3,14H,1-2,4H2,(H3,9,11,12,15);3-4H,6H2,1-2H3,(H,7,8)/t14-,15+,16-,17-,18+,19+,20-,22+,23+,24-;;4-/m1.0/s1. The second-order valence-corrected chi connectivity index (χ2v) is 16.6. The van der Waals surface area contributed by atoms with Crippen LogP contribution in [-0.2, 0) is 21.1 Å². The van der Waals surface area contributed by atoms with E-state index in [4.69, 9.17) is 31.5 Å². The number of rotatable bonds is 10. The maximum Gasteiger partial charge on any atom is 0.320 e. The Bertz CT molecular complexity index is 1570. The number of fused-ring (bicyclic) bond motifs is 6. The van der Waals surface area contributed by atoms with Crippen molar-refractivity contribution in [1.82, 2.24) is 19.5 Å². The number of H-pyrrole nitrogens is 1. The summed E-state index contributed by atoms with van der Waals surface area (Å²) >= 11 is 0. The molecule has 0 spiro atoms. The minimum Gasteiger partial charge on any atom is -0.481 e. The first-order valence-corrected chi connectivity index (χ1v) is 18.9. The van der Waals surface area contributed by atoms with Crippen LogP contribution >= 0.6 is 0 Å². The third-order valence-corrected chi connectivity index (χ3v) is 13.2. The molecule has 11 atom stereocenters. The van der Waals surface area contributed by atoms with E-state index in [0.29, 0.717) is 41.2 Å². The number of nitrogens with one attached hydrogen (secondary N) is 1. The van der Waals surface area contributed by atoms with Gasteiger partial charge in [-0.1, -0.05) is 34.6 Å². The van der Waals surface area contributed by atoms with Crippen LogP contribution in [0.25, 0.3) is 11.2 Å². The van der Waals surface area contributed by atoms with Crippen molar-refractivity contribution in [3.8, 4) is 0 Å². The lowest BCUT2D eigenvalue weighted by Crippen LogP contribution is -2.58. The number of carboxylic acids is 2. The maximum absolute atomic E-state index is 11.4. The lowest BCUT2D eigenvalue weighted by atomic mass is 9.43. The molecule has 4 aliphatic rings. The summed E-state index contributed by atoms with van der Waals surface area (Å²) in [4.78, 5) is 42.7. The Morgan fingerprint density at radius 3 is 2.35 bits per heavy atom. The molecule has 0 unspecified atom stereocenters. The van der Waals surface area contributed by atoms with Gasteiger partial charge in [0.2, 0.25) is 5.95 Å². The molecule has 0 aliphatic heterocycles. The maximum atomic E-state index is 11.4. The molecular formula is C37H62N6O9. The smallest absolute Gasteiger partial charge is 0.320 e. The van der Waals surface area contributed by atoms with E-state index in [-0.39, 0.29) is 72.3 Å². The summed E-state index contributed by atoms with van der Waals surface area (Å²) in [5.74, 6) is 1.48. The molecule has 4 saturated carbocycles. The van der Waals surface area contributed by atoms with E-state index >= 15 is 0 Å². The van der Waals surface area contributed by atoms with Crippen LogP contribution in [0.4, 0.5) is 5.95 Å². The Morgan fingerprint density at radius 1 is 1.06 bits per heavy atom. The van der Waals surface area contributed by atoms with Crippen LogP contribution in [0.5, 0.6) is 0 Å². The number of hydrogen-bond donors (Lipinski definition) is 8. The minimum atomic E-state index is -0.931. The topological polar surface area (TPSA) is 260 Å². The summed E-state index contributed by atoms with van der Waals surface area (Å²) < 4.78 is 6.63. The van der Waals surface area contributed by atoms with Crippen LogP contribution in [0.2, 0.25) is 0 Å². The number of nitrogen functional groups attached to an aromatic ring is 1. The van der Waals surface area contributed by atoms with Gasteiger partial charge in [-0.3, -0.25) is 23.9 Å². The summed E-state index contributed by atoms with van der Waals surface area (Å²) in [6.45, 7) is 11.0. The highest BCUT2D eigenvalue weighted by molar-refractivity contribution is 5.73. The zero-order valence-electron chi connectivity index (χ0n) is 31.4. The molecule has 6 rings (SSSR count). The highest BCUT2D eigenvalue weighted by atomic mass is 16.5. The van der Waals surface area contributed by atoms with Gasteiger partial charge in [-0.2, -0.15) is 4.98 Å². The van der Waals surface area contributed by atoms with Gasteiger partial charge < -0.3 is 41.7 Å². The zero-order chi connectivity index (χ0) is 38.5. The highest BCUT2D eigenvalue weighted by Gasteiger charge is 2.62. The van der Waals surface area contributed by atoms with Gasteiger partial charge in [0.1, 0.15) is 12.8 Å². The van der Waals surface area contributed by atoms with E-state index in [2.05, 4.69) is 35.7 Å². The number of nitrogens with two attached hydrogens (primary N) is 2. The van der Waals surface area contributed by atoms with Gasteiger partial charge in [0, 0.05) is 6.42 Å². The number of imidazole rings is 1. The van der Waals surface area contributed by atoms with Gasteiger partial charge in [-0.25, -0.2) is 4.98 Å². The number of aromatic amines is 1. The number of aliphatic carboxylic acids is 2. The first-order valence-electron chi connectivity index (χ1n) is 18.9. The van der Waals surface area contributed by atoms with Crippen molar-refractivity contribution >= 4 is 29.1 Å². The van der Waals surface area contributed by atoms with E-state index < -0.39 is 18.0 Å². The number of aliphatic hydroxyl groups is 3. The summed E-state index contributed by atoms with van der Waals surface area (Å²) in [5, 5.41) is 47.3. The summed E-state index contributed by atoms with van der Waals surface area (Å²) in [5.41, 5.74) is 11.3. The minimum absolute atomic E-state index is 0.0208. The summed E-state index contributed by atoms with van der Waals surface area (Å²) in [7, 11) is 0. The van der Waals surface area contributed by atoms with Gasteiger partial charge in [-0.15, -0.1) is 0 Å². The van der Waals surface area contributed by atoms with Crippen LogP contribution in [0.3, 0.4) is 0 Å². The molecule has 2 aromatic rings. The van der Waals surface area contributed by atoms with Crippen LogP contribution in [0.1, 0.15) is 98.8 Å². The monoisotopic (exact) mass is 734 g/mol. The SMILES string of the molecule is CC(C)[C@H](N)C(=O)O.C[C@H](CCC(=O)O)[C@H]1CC[C@H]2[C@@H]3[C@H](O)C[C@@H]4C[C@H](O)CC[C@]4(C)[C@H]3CC[C@]12C.Nc1nc2c(ncn2COCCO)c(=O)[nH]1. The van der Waals surface area contributed by atoms with Crippen molar-refractivity contribution in [3.63, 3.8) is 0 Å². The molecule has 4 fully saturated rings. The first-order chi connectivity index (χ1) is 24.4. The van der Waals surface area contributed by atoms with Crippen molar-refractivity contribution in [3.05, 3.63) is 16.7 Å². The van der Waals surface area contributed by atoms with Crippen molar-refractivity contribution < 1.29 is 39.9 Å². The Kier molecular flexibility index (Phi) is 13.9. The number of ether oxygens (including phenoxy) is 1. The Labute approximate surface area is 305 Å². The normalized spacial score (nSPS) is 33.4. The predicted octanol–water partition coefficient (Wildman–Crippen LogP) is 3.20. The van der Waals surface area contributed by atoms with Gasteiger partial charge >= 0.3 is 11.9 Å². The Balaban J connectivity index is 0.000000212. The molecule has 0 saturated heterocycles.